The molecule has 4 rings (SSSR count). The van der Waals surface area contributed by atoms with E-state index in [0.717, 1.165) is 44.1 Å². The second kappa shape index (κ2) is 7.57. The molecule has 3 aromatic rings. The monoisotopic (exact) mass is 360 g/mol. The Hall–Kier alpha value is -2.59. The predicted octanol–water partition coefficient (Wildman–Crippen LogP) is 4.12. The van der Waals surface area contributed by atoms with E-state index in [1.54, 1.807) is 0 Å². The van der Waals surface area contributed by atoms with Crippen LogP contribution in [0.1, 0.15) is 22.5 Å². The van der Waals surface area contributed by atoms with Crippen LogP contribution in [0.3, 0.4) is 0 Å². The Labute approximate surface area is 162 Å². The van der Waals surface area contributed by atoms with Gasteiger partial charge in [0.15, 0.2) is 0 Å². The van der Waals surface area contributed by atoms with Gasteiger partial charge in [0.25, 0.3) is 0 Å². The van der Waals surface area contributed by atoms with Crippen molar-refractivity contribution >= 4 is 5.69 Å². The Morgan fingerprint density at radius 3 is 2.30 bits per heavy atom. The summed E-state index contributed by atoms with van der Waals surface area (Å²) in [5.41, 5.74) is 7.52. The third-order valence-electron chi connectivity index (χ3n) is 5.43. The van der Waals surface area contributed by atoms with Gasteiger partial charge in [0, 0.05) is 32.7 Å². The number of benzene rings is 2. The first-order chi connectivity index (χ1) is 13.1. The molecule has 0 saturated carbocycles. The standard InChI is InChI=1S/C23H28N4/c1-18-8-7-9-21(16-18)17-25-12-14-26(15-13-25)23-19(2)24-27(20(23)3)22-10-5-4-6-11-22/h4-11,16H,12-15,17H2,1-3H3. The summed E-state index contributed by atoms with van der Waals surface area (Å²) in [6.45, 7) is 11.8. The lowest BCUT2D eigenvalue weighted by molar-refractivity contribution is 0.249. The van der Waals surface area contributed by atoms with Gasteiger partial charge in [-0.1, -0.05) is 48.0 Å². The average Bonchev–Trinajstić information content (AvgIpc) is 2.98. The molecule has 2 aromatic carbocycles. The van der Waals surface area contributed by atoms with Crippen molar-refractivity contribution in [2.24, 2.45) is 0 Å². The molecule has 1 saturated heterocycles. The van der Waals surface area contributed by atoms with Crippen LogP contribution >= 0.6 is 0 Å². The molecule has 0 aliphatic carbocycles. The van der Waals surface area contributed by atoms with Crippen LogP contribution in [0, 0.1) is 20.8 Å². The third kappa shape index (κ3) is 3.76. The van der Waals surface area contributed by atoms with Crippen molar-refractivity contribution in [1.82, 2.24) is 14.7 Å². The molecule has 0 radical (unpaired) electrons. The molecule has 0 spiro atoms. The molecule has 140 valence electrons. The number of rotatable bonds is 4. The minimum absolute atomic E-state index is 1.04. The summed E-state index contributed by atoms with van der Waals surface area (Å²) >= 11 is 0. The fourth-order valence-corrected chi connectivity index (χ4v) is 4.11. The summed E-state index contributed by atoms with van der Waals surface area (Å²) in [5, 5.41) is 4.81. The highest BCUT2D eigenvalue weighted by atomic mass is 15.3. The number of hydrogen-bond donors (Lipinski definition) is 0. The lowest BCUT2D eigenvalue weighted by Crippen LogP contribution is -2.46. The van der Waals surface area contributed by atoms with Gasteiger partial charge in [-0.25, -0.2) is 4.68 Å². The Morgan fingerprint density at radius 1 is 0.852 bits per heavy atom. The highest BCUT2D eigenvalue weighted by Crippen LogP contribution is 2.28. The van der Waals surface area contributed by atoms with Crippen LogP contribution in [0.4, 0.5) is 5.69 Å². The number of anilines is 1. The van der Waals surface area contributed by atoms with E-state index in [1.165, 1.54) is 22.5 Å². The number of aryl methyl sites for hydroxylation is 2. The SMILES string of the molecule is Cc1cccc(CN2CCN(c3c(C)nn(-c4ccccc4)c3C)CC2)c1. The van der Waals surface area contributed by atoms with Crippen LogP contribution in [0.15, 0.2) is 54.6 Å². The predicted molar refractivity (Wildman–Crippen MR) is 112 cm³/mol. The Balaban J connectivity index is 1.46. The highest BCUT2D eigenvalue weighted by Gasteiger charge is 2.23. The minimum atomic E-state index is 1.04. The molecule has 4 nitrogen and oxygen atoms in total. The van der Waals surface area contributed by atoms with Gasteiger partial charge in [-0.3, -0.25) is 4.90 Å². The fourth-order valence-electron chi connectivity index (χ4n) is 4.11. The molecule has 1 aliphatic heterocycles. The summed E-state index contributed by atoms with van der Waals surface area (Å²) in [4.78, 5) is 5.06. The van der Waals surface area contributed by atoms with Crippen LogP contribution in [0.2, 0.25) is 0 Å². The van der Waals surface area contributed by atoms with Gasteiger partial charge >= 0.3 is 0 Å². The average molecular weight is 361 g/mol. The Bertz CT molecular complexity index is 905. The number of para-hydroxylation sites is 1. The zero-order valence-corrected chi connectivity index (χ0v) is 16.5. The van der Waals surface area contributed by atoms with Crippen LogP contribution in [0.25, 0.3) is 5.69 Å². The van der Waals surface area contributed by atoms with Gasteiger partial charge in [0.05, 0.1) is 22.8 Å². The number of piperazine rings is 1. The number of nitrogens with zero attached hydrogens (tertiary/aromatic N) is 4. The van der Waals surface area contributed by atoms with Gasteiger partial charge in [-0.05, 0) is 38.5 Å². The first kappa shape index (κ1) is 17.8. The summed E-state index contributed by atoms with van der Waals surface area (Å²) in [6.07, 6.45) is 0. The minimum Gasteiger partial charge on any atom is -0.366 e. The lowest BCUT2D eigenvalue weighted by Gasteiger charge is -2.36. The quantitative estimate of drug-likeness (QED) is 0.699. The largest absolute Gasteiger partial charge is 0.366 e. The summed E-state index contributed by atoms with van der Waals surface area (Å²) in [6, 6.07) is 19.3. The first-order valence-corrected chi connectivity index (χ1v) is 9.76. The van der Waals surface area contributed by atoms with E-state index in [4.69, 9.17) is 5.10 Å². The lowest BCUT2D eigenvalue weighted by atomic mass is 10.1. The van der Waals surface area contributed by atoms with E-state index in [1.807, 2.05) is 6.07 Å². The third-order valence-corrected chi connectivity index (χ3v) is 5.43. The molecule has 0 unspecified atom stereocenters. The second-order valence-electron chi connectivity index (χ2n) is 7.52. The van der Waals surface area contributed by atoms with E-state index in [-0.39, 0.29) is 0 Å². The molecular weight excluding hydrogens is 332 g/mol. The fraction of sp³-hybridized carbons (Fsp3) is 0.348. The summed E-state index contributed by atoms with van der Waals surface area (Å²) in [5.74, 6) is 0. The van der Waals surface area contributed by atoms with Crippen molar-refractivity contribution in [3.63, 3.8) is 0 Å². The Morgan fingerprint density at radius 2 is 1.59 bits per heavy atom. The molecular formula is C23H28N4. The summed E-state index contributed by atoms with van der Waals surface area (Å²) in [7, 11) is 0. The van der Waals surface area contributed by atoms with Gasteiger partial charge in [-0.15, -0.1) is 0 Å². The first-order valence-electron chi connectivity index (χ1n) is 9.76. The van der Waals surface area contributed by atoms with Gasteiger partial charge in [0.1, 0.15) is 0 Å². The molecule has 2 heterocycles. The molecule has 1 aliphatic rings. The van der Waals surface area contributed by atoms with Crippen molar-refractivity contribution < 1.29 is 0 Å². The van der Waals surface area contributed by atoms with Crippen molar-refractivity contribution in [3.8, 4) is 5.69 Å². The smallest absolute Gasteiger partial charge is 0.0834 e. The van der Waals surface area contributed by atoms with Crippen molar-refractivity contribution in [2.45, 2.75) is 27.3 Å². The molecule has 0 atom stereocenters. The number of aromatic nitrogens is 2. The maximum atomic E-state index is 4.81. The van der Waals surface area contributed by atoms with E-state index in [9.17, 15) is 0 Å². The topological polar surface area (TPSA) is 24.3 Å². The molecule has 0 N–H and O–H groups in total. The molecule has 27 heavy (non-hydrogen) atoms. The highest BCUT2D eigenvalue weighted by molar-refractivity contribution is 5.57. The molecule has 0 amide bonds. The molecule has 1 aromatic heterocycles. The van der Waals surface area contributed by atoms with Gasteiger partial charge in [0.2, 0.25) is 0 Å². The normalized spacial score (nSPS) is 15.3. The maximum absolute atomic E-state index is 4.81. The van der Waals surface area contributed by atoms with Crippen LogP contribution < -0.4 is 4.90 Å². The van der Waals surface area contributed by atoms with Crippen molar-refractivity contribution in [3.05, 3.63) is 77.1 Å². The van der Waals surface area contributed by atoms with Crippen LogP contribution in [-0.4, -0.2) is 40.9 Å². The molecule has 0 bridgehead atoms. The van der Waals surface area contributed by atoms with E-state index in [2.05, 4.69) is 83.8 Å². The number of hydrogen-bond acceptors (Lipinski definition) is 3. The van der Waals surface area contributed by atoms with Gasteiger partial charge < -0.3 is 4.90 Å². The van der Waals surface area contributed by atoms with Gasteiger partial charge in [-0.2, -0.15) is 5.10 Å². The van der Waals surface area contributed by atoms with E-state index in [0.29, 0.717) is 0 Å². The maximum Gasteiger partial charge on any atom is 0.0834 e. The van der Waals surface area contributed by atoms with E-state index < -0.39 is 0 Å². The van der Waals surface area contributed by atoms with Crippen LogP contribution in [0.5, 0.6) is 0 Å². The van der Waals surface area contributed by atoms with Crippen molar-refractivity contribution in [2.75, 3.05) is 31.1 Å². The van der Waals surface area contributed by atoms with Crippen LogP contribution in [-0.2, 0) is 6.54 Å². The zero-order chi connectivity index (χ0) is 18.8. The zero-order valence-electron chi connectivity index (χ0n) is 16.5. The summed E-state index contributed by atoms with van der Waals surface area (Å²) < 4.78 is 2.07. The second-order valence-corrected chi connectivity index (χ2v) is 7.52. The Kier molecular flexibility index (Phi) is 4.99. The van der Waals surface area contributed by atoms with E-state index >= 15 is 0 Å². The molecule has 4 heteroatoms. The van der Waals surface area contributed by atoms with Crippen molar-refractivity contribution in [1.29, 1.82) is 0 Å². The molecule has 1 fully saturated rings.